The molecule has 2 aliphatic rings. The van der Waals surface area contributed by atoms with E-state index in [1.165, 1.54) is 0 Å². The van der Waals surface area contributed by atoms with Gasteiger partial charge in [0.05, 0.1) is 0 Å². The van der Waals surface area contributed by atoms with Crippen LogP contribution in [0.25, 0.3) is 5.65 Å². The molecule has 0 saturated carbocycles. The van der Waals surface area contributed by atoms with E-state index in [-0.39, 0.29) is 17.9 Å². The van der Waals surface area contributed by atoms with Crippen molar-refractivity contribution >= 4 is 34.5 Å². The Hall–Kier alpha value is -4.09. The number of H-pyrrole nitrogens is 1. The van der Waals surface area contributed by atoms with Crippen LogP contribution in [0, 0.1) is 0 Å². The molecule has 3 aromatic heterocycles. The maximum Gasteiger partial charge on any atom is 0.203 e. The van der Waals surface area contributed by atoms with E-state index in [4.69, 9.17) is 11.5 Å². The SMILES string of the molecule is CC(C)c1nc2c3c([nH]n2n1)NN1C(c2ccccc2)N(N3)c2c(N)c(N)nn21. The lowest BCUT2D eigenvalue weighted by molar-refractivity contribution is 0.553. The molecule has 5 heterocycles. The van der Waals surface area contributed by atoms with Crippen LogP contribution in [-0.2, 0) is 0 Å². The van der Waals surface area contributed by atoms with E-state index in [0.29, 0.717) is 23.0 Å². The first kappa shape index (κ1) is 15.9. The molecule has 1 atom stereocenters. The minimum Gasteiger partial charge on any atom is -0.393 e. The van der Waals surface area contributed by atoms with Crippen molar-refractivity contribution in [2.24, 2.45) is 0 Å². The molecule has 2 bridgehead atoms. The van der Waals surface area contributed by atoms with Gasteiger partial charge in [-0.1, -0.05) is 44.2 Å². The lowest BCUT2D eigenvalue weighted by Gasteiger charge is -2.29. The van der Waals surface area contributed by atoms with Crippen LogP contribution in [-0.4, -0.2) is 29.7 Å². The van der Waals surface area contributed by atoms with E-state index >= 15 is 0 Å². The van der Waals surface area contributed by atoms with Gasteiger partial charge in [-0.25, -0.2) is 9.99 Å². The first-order chi connectivity index (χ1) is 14.0. The van der Waals surface area contributed by atoms with Gasteiger partial charge in [-0.05, 0) is 0 Å². The summed E-state index contributed by atoms with van der Waals surface area (Å²) in [6.07, 6.45) is -0.255. The third-order valence-electron chi connectivity index (χ3n) is 5.20. The van der Waals surface area contributed by atoms with Gasteiger partial charge in [0.15, 0.2) is 29.4 Å². The second-order valence-corrected chi connectivity index (χ2v) is 7.46. The average Bonchev–Trinajstić information content (AvgIpc) is 3.37. The lowest BCUT2D eigenvalue weighted by Crippen LogP contribution is -2.43. The molecule has 1 unspecified atom stereocenters. The Morgan fingerprint density at radius 1 is 1.07 bits per heavy atom. The zero-order valence-corrected chi connectivity index (χ0v) is 15.8. The third kappa shape index (κ3) is 1.99. The molecule has 148 valence electrons. The normalized spacial score (nSPS) is 17.3. The Morgan fingerprint density at radius 3 is 2.62 bits per heavy atom. The van der Waals surface area contributed by atoms with E-state index in [1.807, 2.05) is 40.5 Å². The van der Waals surface area contributed by atoms with Crippen LogP contribution in [0.15, 0.2) is 30.3 Å². The zero-order valence-electron chi connectivity index (χ0n) is 15.8. The number of hydrogen-bond donors (Lipinski definition) is 5. The van der Waals surface area contributed by atoms with E-state index < -0.39 is 0 Å². The molecule has 0 saturated heterocycles. The van der Waals surface area contributed by atoms with Crippen LogP contribution >= 0.6 is 0 Å². The molecular formula is C17H20N12. The largest absolute Gasteiger partial charge is 0.393 e. The summed E-state index contributed by atoms with van der Waals surface area (Å²) in [5, 5.41) is 16.0. The van der Waals surface area contributed by atoms with E-state index in [9.17, 15) is 0 Å². The van der Waals surface area contributed by atoms with Crippen molar-refractivity contribution in [3.05, 3.63) is 41.7 Å². The highest BCUT2D eigenvalue weighted by Crippen LogP contribution is 2.45. The maximum absolute atomic E-state index is 6.27. The Kier molecular flexibility index (Phi) is 2.88. The first-order valence-corrected chi connectivity index (χ1v) is 9.32. The van der Waals surface area contributed by atoms with Gasteiger partial charge < -0.3 is 11.5 Å². The lowest BCUT2D eigenvalue weighted by atomic mass is 10.2. The summed E-state index contributed by atoms with van der Waals surface area (Å²) in [5.41, 5.74) is 22.0. The summed E-state index contributed by atoms with van der Waals surface area (Å²) < 4.78 is 1.66. The first-order valence-electron chi connectivity index (χ1n) is 9.32. The molecule has 12 nitrogen and oxygen atoms in total. The quantitative estimate of drug-likeness (QED) is 0.341. The smallest absolute Gasteiger partial charge is 0.203 e. The van der Waals surface area contributed by atoms with Crippen molar-refractivity contribution in [3.63, 3.8) is 0 Å². The molecule has 0 amide bonds. The van der Waals surface area contributed by atoms with Crippen molar-refractivity contribution in [2.45, 2.75) is 25.9 Å². The second kappa shape index (κ2) is 5.25. The molecule has 0 spiro atoms. The van der Waals surface area contributed by atoms with Gasteiger partial charge >= 0.3 is 0 Å². The van der Waals surface area contributed by atoms with Gasteiger partial charge in [-0.15, -0.1) is 19.6 Å². The topological polar surface area (TPSA) is 146 Å². The number of anilines is 5. The molecule has 2 aliphatic heterocycles. The number of nitrogen functional groups attached to an aromatic ring is 2. The highest BCUT2D eigenvalue weighted by atomic mass is 15.9. The van der Waals surface area contributed by atoms with Crippen LogP contribution in [0.3, 0.4) is 0 Å². The van der Waals surface area contributed by atoms with Crippen molar-refractivity contribution in [2.75, 3.05) is 32.4 Å². The maximum atomic E-state index is 6.27. The highest BCUT2D eigenvalue weighted by molar-refractivity contribution is 5.87. The van der Waals surface area contributed by atoms with Crippen molar-refractivity contribution in [1.82, 2.24) is 29.7 Å². The van der Waals surface area contributed by atoms with Gasteiger partial charge in [0.1, 0.15) is 11.4 Å². The van der Waals surface area contributed by atoms with Crippen LogP contribution in [0.1, 0.15) is 37.3 Å². The number of benzene rings is 1. The molecule has 6 rings (SSSR count). The number of hydrazine groups is 2. The fourth-order valence-electron chi connectivity index (χ4n) is 3.78. The number of nitrogens with two attached hydrogens (primary N) is 2. The van der Waals surface area contributed by atoms with E-state index in [1.54, 1.807) is 9.42 Å². The number of aromatic amines is 1. The number of hydrogen-bond acceptors (Lipinski definition) is 9. The fraction of sp³-hybridized carbons (Fsp3) is 0.235. The molecule has 7 N–H and O–H groups in total. The molecule has 1 aromatic carbocycles. The summed E-state index contributed by atoms with van der Waals surface area (Å²) >= 11 is 0. The van der Waals surface area contributed by atoms with Crippen LogP contribution in [0.4, 0.5) is 28.8 Å². The van der Waals surface area contributed by atoms with Gasteiger partial charge in [0.25, 0.3) is 0 Å². The molecule has 4 aromatic rings. The molecule has 29 heavy (non-hydrogen) atoms. The van der Waals surface area contributed by atoms with E-state index in [0.717, 1.165) is 17.1 Å². The molecule has 0 aliphatic carbocycles. The number of nitrogens with zero attached hydrogens (tertiary/aromatic N) is 7. The second-order valence-electron chi connectivity index (χ2n) is 7.46. The molecule has 0 fully saturated rings. The zero-order chi connectivity index (χ0) is 19.9. The van der Waals surface area contributed by atoms with Crippen LogP contribution in [0.5, 0.6) is 0 Å². The Labute approximate surface area is 165 Å². The minimum atomic E-state index is -0.255. The number of aromatic nitrogens is 6. The van der Waals surface area contributed by atoms with Crippen molar-refractivity contribution in [1.29, 1.82) is 0 Å². The van der Waals surface area contributed by atoms with Crippen molar-refractivity contribution < 1.29 is 0 Å². The number of rotatable bonds is 2. The monoisotopic (exact) mass is 392 g/mol. The summed E-state index contributed by atoms with van der Waals surface area (Å²) in [7, 11) is 0. The number of fused-ring (bicyclic) bond motifs is 8. The summed E-state index contributed by atoms with van der Waals surface area (Å²) in [5.74, 6) is 2.60. The Bertz CT molecular complexity index is 1230. The van der Waals surface area contributed by atoms with Gasteiger partial charge in [0, 0.05) is 11.5 Å². The van der Waals surface area contributed by atoms with Gasteiger partial charge in [-0.2, -0.15) is 5.12 Å². The Balaban J connectivity index is 1.54. The predicted octanol–water partition coefficient (Wildman–Crippen LogP) is 1.37. The average molecular weight is 392 g/mol. The number of nitrogens with one attached hydrogen (secondary N) is 3. The van der Waals surface area contributed by atoms with Crippen LogP contribution in [0.2, 0.25) is 0 Å². The summed E-state index contributed by atoms with van der Waals surface area (Å²) in [6, 6.07) is 10.1. The van der Waals surface area contributed by atoms with E-state index in [2.05, 4.69) is 45.0 Å². The summed E-state index contributed by atoms with van der Waals surface area (Å²) in [4.78, 5) is 6.35. The fourth-order valence-corrected chi connectivity index (χ4v) is 3.78. The molecule has 0 radical (unpaired) electrons. The van der Waals surface area contributed by atoms with Crippen LogP contribution < -0.4 is 32.4 Å². The minimum absolute atomic E-state index is 0.215. The third-order valence-corrected chi connectivity index (χ3v) is 5.20. The molecular weight excluding hydrogens is 372 g/mol. The van der Waals surface area contributed by atoms with Gasteiger partial charge in [0.2, 0.25) is 5.65 Å². The van der Waals surface area contributed by atoms with Crippen molar-refractivity contribution in [3.8, 4) is 0 Å². The van der Waals surface area contributed by atoms with Gasteiger partial charge in [-0.3, -0.25) is 16.0 Å². The highest BCUT2D eigenvalue weighted by Gasteiger charge is 2.45. The molecule has 12 heteroatoms. The predicted molar refractivity (Wildman–Crippen MR) is 110 cm³/mol. The summed E-state index contributed by atoms with van der Waals surface area (Å²) in [6.45, 7) is 4.12. The Morgan fingerprint density at radius 2 is 1.86 bits per heavy atom. The standard InChI is InChI=1S/C17H20N12/c1-8(2)13-20-15-11-14(24-27(15)23-13)25-28-16(9-6-4-3-5-7-9)26(21-11)17-10(18)12(19)22-29(17)28/h3-8,16,21,24-25H,18H2,1-2H3,(H2,19,22).